The van der Waals surface area contributed by atoms with Crippen LogP contribution in [-0.2, 0) is 32.0 Å². The summed E-state index contributed by atoms with van der Waals surface area (Å²) in [6, 6.07) is 0. The molecule has 1 unspecified atom stereocenters. The van der Waals surface area contributed by atoms with Crippen LogP contribution in [0.15, 0.2) is 6.20 Å². The fourth-order valence-electron chi connectivity index (χ4n) is 2.11. The Morgan fingerprint density at radius 2 is 2.00 bits per heavy atom. The van der Waals surface area contributed by atoms with Crippen LogP contribution in [-0.4, -0.2) is 31.1 Å². The van der Waals surface area contributed by atoms with Gasteiger partial charge in [0.05, 0.1) is 25.8 Å². The molecule has 1 rings (SSSR count). The molecule has 1 heterocycles. The molecular weight excluding hydrogens is 284 g/mol. The number of methoxy groups -OCH3 is 2. The normalized spacial score (nSPS) is 11.4. The third-order valence-electron chi connectivity index (χ3n) is 3.16. The Morgan fingerprint density at radius 1 is 1.35 bits per heavy atom. The maximum Gasteiger partial charge on any atom is 0.312 e. The van der Waals surface area contributed by atoms with Crippen LogP contribution in [0.25, 0.3) is 0 Å². The van der Waals surface area contributed by atoms with Crippen molar-refractivity contribution >= 4 is 11.9 Å². The van der Waals surface area contributed by atoms with Crippen LogP contribution in [0.5, 0.6) is 0 Å². The fourth-order valence-corrected chi connectivity index (χ4v) is 2.11. The largest absolute Gasteiger partial charge is 1.00 e. The summed E-state index contributed by atoms with van der Waals surface area (Å²) in [4.78, 5) is 26.0. The summed E-state index contributed by atoms with van der Waals surface area (Å²) in [7, 11) is 2.72. The van der Waals surface area contributed by atoms with Crippen LogP contribution in [0.2, 0.25) is 0 Å². The summed E-state index contributed by atoms with van der Waals surface area (Å²) in [5, 5.41) is 0. The molecule has 0 saturated carbocycles. The first-order chi connectivity index (χ1) is 9.04. The second-order valence-electron chi connectivity index (χ2n) is 4.28. The number of nitrogens with one attached hydrogen (secondary N) is 1. The lowest BCUT2D eigenvalue weighted by Gasteiger charge is -2.12. The van der Waals surface area contributed by atoms with E-state index in [1.54, 1.807) is 6.92 Å². The molecule has 1 atom stereocenters. The lowest BCUT2D eigenvalue weighted by Crippen LogP contribution is -3.00. The molecule has 4 N–H and O–H groups in total. The van der Waals surface area contributed by atoms with E-state index in [1.807, 2.05) is 6.20 Å². The first-order valence-corrected chi connectivity index (χ1v) is 6.18. The maximum atomic E-state index is 11.7. The highest BCUT2D eigenvalue weighted by Crippen LogP contribution is 2.26. The molecule has 6 nitrogen and oxygen atoms in total. The van der Waals surface area contributed by atoms with Crippen molar-refractivity contribution in [1.82, 2.24) is 4.98 Å². The summed E-state index contributed by atoms with van der Waals surface area (Å²) in [5.41, 5.74) is 6.55. The Morgan fingerprint density at radius 3 is 2.50 bits per heavy atom. The van der Waals surface area contributed by atoms with Gasteiger partial charge in [0.1, 0.15) is 6.54 Å². The third-order valence-corrected chi connectivity index (χ3v) is 3.16. The molecule has 0 amide bonds. The Hall–Kier alpha value is -1.53. The number of esters is 2. The molecule has 1 aromatic heterocycles. The number of carbonyl (C=O) groups is 2. The second kappa shape index (κ2) is 8.60. The van der Waals surface area contributed by atoms with Gasteiger partial charge < -0.3 is 32.6 Å². The topological polar surface area (TPSA) is 96.0 Å². The lowest BCUT2D eigenvalue weighted by atomic mass is 9.95. The minimum atomic E-state index is -0.374. The monoisotopic (exact) mass is 304 g/mol. The molecule has 0 bridgehead atoms. The molecule has 114 valence electrons. The minimum Gasteiger partial charge on any atom is -1.00 e. The number of hydrogen-bond donors (Lipinski definition) is 2. The van der Waals surface area contributed by atoms with Gasteiger partial charge in [0.2, 0.25) is 0 Å². The van der Waals surface area contributed by atoms with Gasteiger partial charge in [0.25, 0.3) is 0 Å². The van der Waals surface area contributed by atoms with Gasteiger partial charge in [-0.3, -0.25) is 9.59 Å². The van der Waals surface area contributed by atoms with E-state index in [4.69, 9.17) is 4.74 Å². The number of rotatable bonds is 6. The van der Waals surface area contributed by atoms with E-state index in [0.29, 0.717) is 13.0 Å². The zero-order chi connectivity index (χ0) is 14.4. The predicted octanol–water partition coefficient (Wildman–Crippen LogP) is -2.86. The molecule has 0 spiro atoms. The van der Waals surface area contributed by atoms with Gasteiger partial charge in [-0.25, -0.2) is 0 Å². The predicted molar refractivity (Wildman–Crippen MR) is 68.2 cm³/mol. The standard InChI is InChI=1S/C13H20N2O4.ClH/c1-8(13(17)19-3)12-9(4-5-11(16)18-2)7-15-10(12)6-14;/h7-8,15H,4-6,14H2,1-3H3;1H. The molecule has 0 aliphatic rings. The quantitative estimate of drug-likeness (QED) is 0.553. The van der Waals surface area contributed by atoms with Crippen molar-refractivity contribution in [1.29, 1.82) is 0 Å². The molecule has 1 aromatic rings. The van der Waals surface area contributed by atoms with E-state index in [0.717, 1.165) is 16.8 Å². The van der Waals surface area contributed by atoms with E-state index in [1.165, 1.54) is 14.2 Å². The number of aromatic amines is 1. The summed E-state index contributed by atoms with van der Waals surface area (Å²) >= 11 is 0. The van der Waals surface area contributed by atoms with Gasteiger partial charge in [0, 0.05) is 12.6 Å². The van der Waals surface area contributed by atoms with Gasteiger partial charge >= 0.3 is 11.9 Å². The maximum absolute atomic E-state index is 11.7. The van der Waals surface area contributed by atoms with Crippen molar-refractivity contribution in [3.05, 3.63) is 23.0 Å². The average molecular weight is 305 g/mol. The zero-order valence-electron chi connectivity index (χ0n) is 12.0. The zero-order valence-corrected chi connectivity index (χ0v) is 12.8. The van der Waals surface area contributed by atoms with E-state index >= 15 is 0 Å². The minimum absolute atomic E-state index is 0. The first-order valence-electron chi connectivity index (χ1n) is 6.18. The Kier molecular flexibility index (Phi) is 7.94. The molecule has 0 saturated heterocycles. The molecule has 0 aromatic carbocycles. The molecule has 0 radical (unpaired) electrons. The lowest BCUT2D eigenvalue weighted by molar-refractivity contribution is -0.387. The highest BCUT2D eigenvalue weighted by atomic mass is 35.5. The van der Waals surface area contributed by atoms with Gasteiger partial charge in [-0.1, -0.05) is 0 Å². The van der Waals surface area contributed by atoms with Crippen LogP contribution in [0.1, 0.15) is 36.1 Å². The van der Waals surface area contributed by atoms with E-state index in [2.05, 4.69) is 15.5 Å². The number of H-pyrrole nitrogens is 1. The molecular formula is C13H21ClN2O4. The van der Waals surface area contributed by atoms with Crippen molar-refractivity contribution in [3.63, 3.8) is 0 Å². The number of quaternary nitrogens is 1. The van der Waals surface area contributed by atoms with Gasteiger partial charge in [-0.05, 0) is 24.5 Å². The van der Waals surface area contributed by atoms with Crippen molar-refractivity contribution < 1.29 is 37.2 Å². The molecule has 0 fully saturated rings. The molecule has 7 heteroatoms. The van der Waals surface area contributed by atoms with Crippen LogP contribution >= 0.6 is 0 Å². The van der Waals surface area contributed by atoms with Crippen LogP contribution in [0, 0.1) is 0 Å². The van der Waals surface area contributed by atoms with Crippen LogP contribution < -0.4 is 18.1 Å². The summed E-state index contributed by atoms with van der Waals surface area (Å²) < 4.78 is 9.39. The Labute approximate surface area is 124 Å². The SMILES string of the molecule is COC(=O)CCc1c[nH]c(C[NH3+])c1C(C)C(=O)OC.[Cl-]. The highest BCUT2D eigenvalue weighted by Gasteiger charge is 2.24. The molecule has 20 heavy (non-hydrogen) atoms. The summed E-state index contributed by atoms with van der Waals surface area (Å²) in [5.74, 6) is -0.941. The Bertz CT molecular complexity index is 459. The number of carbonyl (C=O) groups excluding carboxylic acids is 2. The van der Waals surface area contributed by atoms with Gasteiger partial charge in [-0.2, -0.15) is 0 Å². The van der Waals surface area contributed by atoms with Gasteiger partial charge in [0.15, 0.2) is 0 Å². The number of halogens is 1. The first kappa shape index (κ1) is 18.5. The Balaban J connectivity index is 0.00000361. The van der Waals surface area contributed by atoms with Crippen molar-refractivity contribution in [2.45, 2.75) is 32.2 Å². The number of ether oxygens (including phenoxy) is 2. The number of hydrogen-bond acceptors (Lipinski definition) is 4. The fraction of sp³-hybridized carbons (Fsp3) is 0.538. The van der Waals surface area contributed by atoms with E-state index in [9.17, 15) is 9.59 Å². The van der Waals surface area contributed by atoms with Crippen LogP contribution in [0.3, 0.4) is 0 Å². The molecule has 0 aliphatic heterocycles. The van der Waals surface area contributed by atoms with Crippen LogP contribution in [0.4, 0.5) is 0 Å². The second-order valence-corrected chi connectivity index (χ2v) is 4.28. The van der Waals surface area contributed by atoms with Crippen molar-refractivity contribution in [3.8, 4) is 0 Å². The third kappa shape index (κ3) is 4.25. The van der Waals surface area contributed by atoms with Crippen molar-refractivity contribution in [2.75, 3.05) is 14.2 Å². The number of aromatic nitrogens is 1. The number of aryl methyl sites for hydroxylation is 1. The van der Waals surface area contributed by atoms with E-state index < -0.39 is 0 Å². The van der Waals surface area contributed by atoms with Crippen molar-refractivity contribution in [2.24, 2.45) is 0 Å². The summed E-state index contributed by atoms with van der Waals surface area (Å²) in [6.07, 6.45) is 2.63. The highest BCUT2D eigenvalue weighted by molar-refractivity contribution is 5.78. The van der Waals surface area contributed by atoms with E-state index in [-0.39, 0.29) is 36.7 Å². The smallest absolute Gasteiger partial charge is 0.312 e. The van der Waals surface area contributed by atoms with Gasteiger partial charge in [-0.15, -0.1) is 0 Å². The summed E-state index contributed by atoms with van der Waals surface area (Å²) in [6.45, 7) is 2.34. The average Bonchev–Trinajstić information content (AvgIpc) is 2.85. The molecule has 0 aliphatic carbocycles.